The average molecular weight is 195 g/mol. The maximum atomic E-state index is 5.71. The number of aromatic nitrogens is 2. The molecule has 0 unspecified atom stereocenters. The first-order valence-corrected chi connectivity index (χ1v) is 4.35. The minimum atomic E-state index is 0.404. The van der Waals surface area contributed by atoms with Crippen molar-refractivity contribution in [3.8, 4) is 11.3 Å². The Balaban J connectivity index is 2.47. The molecule has 4 heteroatoms. The van der Waals surface area contributed by atoms with Gasteiger partial charge in [-0.3, -0.25) is 4.98 Å². The lowest BCUT2D eigenvalue weighted by Crippen LogP contribution is -1.80. The molecule has 0 aliphatic heterocycles. The zero-order valence-corrected chi connectivity index (χ0v) is 7.53. The fraction of sp³-hybridized carbons (Fsp3) is 0.111. The summed E-state index contributed by atoms with van der Waals surface area (Å²) in [6.07, 6.45) is 5.04. The van der Waals surface area contributed by atoms with Crippen LogP contribution in [-0.2, 0) is 5.88 Å². The molecule has 13 heavy (non-hydrogen) atoms. The van der Waals surface area contributed by atoms with Crippen LogP contribution in [0.25, 0.3) is 11.3 Å². The second kappa shape index (κ2) is 3.58. The van der Waals surface area contributed by atoms with Crippen LogP contribution in [0.15, 0.2) is 35.2 Å². The van der Waals surface area contributed by atoms with Crippen LogP contribution in [-0.4, -0.2) is 10.1 Å². The third kappa shape index (κ3) is 1.55. The summed E-state index contributed by atoms with van der Waals surface area (Å²) in [6.45, 7) is 0. The van der Waals surface area contributed by atoms with Gasteiger partial charge in [-0.25, -0.2) is 0 Å². The lowest BCUT2D eigenvalue weighted by atomic mass is 10.1. The fourth-order valence-corrected chi connectivity index (χ4v) is 1.29. The maximum absolute atomic E-state index is 5.71. The summed E-state index contributed by atoms with van der Waals surface area (Å²) in [7, 11) is 0. The molecule has 2 aromatic rings. The van der Waals surface area contributed by atoms with Crippen LogP contribution >= 0.6 is 11.6 Å². The summed E-state index contributed by atoms with van der Waals surface area (Å²) in [5.41, 5.74) is 1.84. The summed E-state index contributed by atoms with van der Waals surface area (Å²) < 4.78 is 5.08. The van der Waals surface area contributed by atoms with Gasteiger partial charge in [0.2, 0.25) is 0 Å². The first-order chi connectivity index (χ1) is 6.42. The van der Waals surface area contributed by atoms with E-state index in [2.05, 4.69) is 10.1 Å². The van der Waals surface area contributed by atoms with E-state index >= 15 is 0 Å². The molecule has 3 nitrogen and oxygen atoms in total. The lowest BCUT2D eigenvalue weighted by molar-refractivity contribution is 0.432. The van der Waals surface area contributed by atoms with Crippen molar-refractivity contribution in [2.24, 2.45) is 0 Å². The zero-order valence-electron chi connectivity index (χ0n) is 6.77. The molecule has 66 valence electrons. The van der Waals surface area contributed by atoms with E-state index < -0.39 is 0 Å². The smallest absolute Gasteiger partial charge is 0.171 e. The van der Waals surface area contributed by atoms with Crippen LogP contribution in [0.5, 0.6) is 0 Å². The highest BCUT2D eigenvalue weighted by molar-refractivity contribution is 6.17. The summed E-state index contributed by atoms with van der Waals surface area (Å²) in [5, 5.41) is 3.69. The van der Waals surface area contributed by atoms with Crippen LogP contribution in [0.1, 0.15) is 5.56 Å². The van der Waals surface area contributed by atoms with E-state index in [0.717, 1.165) is 16.9 Å². The van der Waals surface area contributed by atoms with Crippen molar-refractivity contribution < 1.29 is 4.52 Å². The van der Waals surface area contributed by atoms with Gasteiger partial charge in [0.1, 0.15) is 0 Å². The molecule has 2 heterocycles. The van der Waals surface area contributed by atoms with Crippen molar-refractivity contribution in [2.75, 3.05) is 0 Å². The minimum Gasteiger partial charge on any atom is -0.356 e. The molecule has 0 aliphatic carbocycles. The molecule has 0 fully saturated rings. The number of hydrogen-bond acceptors (Lipinski definition) is 3. The molecular formula is C9H7ClN2O. The molecule has 0 radical (unpaired) electrons. The number of halogens is 1. The number of rotatable bonds is 2. The second-order valence-corrected chi connectivity index (χ2v) is 2.82. The van der Waals surface area contributed by atoms with Crippen molar-refractivity contribution in [3.05, 3.63) is 36.3 Å². The molecule has 0 spiro atoms. The van der Waals surface area contributed by atoms with Crippen LogP contribution in [0.4, 0.5) is 0 Å². The second-order valence-electron chi connectivity index (χ2n) is 2.55. The SMILES string of the molecule is ClCc1cnoc1-c1ccncc1. The Hall–Kier alpha value is -1.35. The van der Waals surface area contributed by atoms with Crippen molar-refractivity contribution >= 4 is 11.6 Å². The van der Waals surface area contributed by atoms with E-state index in [-0.39, 0.29) is 0 Å². The predicted octanol–water partition coefficient (Wildman–Crippen LogP) is 2.48. The number of nitrogens with zero attached hydrogens (tertiary/aromatic N) is 2. The maximum Gasteiger partial charge on any atom is 0.171 e. The van der Waals surface area contributed by atoms with E-state index in [1.807, 2.05) is 12.1 Å². The van der Waals surface area contributed by atoms with Gasteiger partial charge in [-0.1, -0.05) is 5.16 Å². The molecule has 0 aromatic carbocycles. The van der Waals surface area contributed by atoms with Gasteiger partial charge < -0.3 is 4.52 Å². The molecule has 0 bridgehead atoms. The Morgan fingerprint density at radius 2 is 2.08 bits per heavy atom. The lowest BCUT2D eigenvalue weighted by Gasteiger charge is -1.95. The molecule has 0 amide bonds. The molecule has 0 atom stereocenters. The number of hydrogen-bond donors (Lipinski definition) is 0. The largest absolute Gasteiger partial charge is 0.356 e. The fourth-order valence-electron chi connectivity index (χ4n) is 1.10. The van der Waals surface area contributed by atoms with E-state index in [4.69, 9.17) is 16.1 Å². The van der Waals surface area contributed by atoms with Crippen molar-refractivity contribution in [2.45, 2.75) is 5.88 Å². The average Bonchev–Trinajstić information content (AvgIpc) is 2.67. The van der Waals surface area contributed by atoms with Gasteiger partial charge in [0.05, 0.1) is 12.1 Å². The van der Waals surface area contributed by atoms with Crippen LogP contribution in [0, 0.1) is 0 Å². The molecule has 0 N–H and O–H groups in total. The Bertz CT molecular complexity index is 386. The Morgan fingerprint density at radius 1 is 1.31 bits per heavy atom. The predicted molar refractivity (Wildman–Crippen MR) is 49.3 cm³/mol. The van der Waals surface area contributed by atoms with E-state index in [1.54, 1.807) is 18.6 Å². The first kappa shape index (κ1) is 8.26. The van der Waals surface area contributed by atoms with Crippen LogP contribution < -0.4 is 0 Å². The Morgan fingerprint density at radius 3 is 2.77 bits per heavy atom. The normalized spacial score (nSPS) is 10.2. The number of pyridine rings is 1. The van der Waals surface area contributed by atoms with Crippen molar-refractivity contribution in [1.29, 1.82) is 0 Å². The molecule has 0 saturated carbocycles. The first-order valence-electron chi connectivity index (χ1n) is 3.81. The van der Waals surface area contributed by atoms with Crippen molar-refractivity contribution in [1.82, 2.24) is 10.1 Å². The highest BCUT2D eigenvalue weighted by atomic mass is 35.5. The molecule has 2 aromatic heterocycles. The van der Waals surface area contributed by atoms with Gasteiger partial charge in [0, 0.05) is 23.5 Å². The third-order valence-corrected chi connectivity index (χ3v) is 2.02. The van der Waals surface area contributed by atoms with E-state index in [1.165, 1.54) is 0 Å². The minimum absolute atomic E-state index is 0.404. The number of alkyl halides is 1. The summed E-state index contributed by atoms with van der Waals surface area (Å²) in [4.78, 5) is 3.92. The van der Waals surface area contributed by atoms with Crippen LogP contribution in [0.2, 0.25) is 0 Å². The van der Waals surface area contributed by atoms with E-state index in [0.29, 0.717) is 5.88 Å². The van der Waals surface area contributed by atoms with Gasteiger partial charge in [0.15, 0.2) is 5.76 Å². The van der Waals surface area contributed by atoms with Gasteiger partial charge in [-0.15, -0.1) is 11.6 Å². The third-order valence-electron chi connectivity index (χ3n) is 1.73. The monoisotopic (exact) mass is 194 g/mol. The highest BCUT2D eigenvalue weighted by Gasteiger charge is 2.08. The van der Waals surface area contributed by atoms with E-state index in [9.17, 15) is 0 Å². The molecule has 0 saturated heterocycles. The quantitative estimate of drug-likeness (QED) is 0.690. The Kier molecular flexibility index (Phi) is 2.27. The standard InChI is InChI=1S/C9H7ClN2O/c10-5-8-6-12-13-9(8)7-1-3-11-4-2-7/h1-4,6H,5H2. The zero-order chi connectivity index (χ0) is 9.10. The van der Waals surface area contributed by atoms with Gasteiger partial charge in [-0.2, -0.15) is 0 Å². The van der Waals surface area contributed by atoms with Crippen LogP contribution in [0.3, 0.4) is 0 Å². The summed E-state index contributed by atoms with van der Waals surface area (Å²) >= 11 is 5.71. The van der Waals surface area contributed by atoms with Gasteiger partial charge in [-0.05, 0) is 12.1 Å². The topological polar surface area (TPSA) is 38.9 Å². The highest BCUT2D eigenvalue weighted by Crippen LogP contribution is 2.23. The molecule has 2 rings (SSSR count). The molecular weight excluding hydrogens is 188 g/mol. The van der Waals surface area contributed by atoms with Gasteiger partial charge in [0.25, 0.3) is 0 Å². The molecule has 0 aliphatic rings. The van der Waals surface area contributed by atoms with Crippen molar-refractivity contribution in [3.63, 3.8) is 0 Å². The summed E-state index contributed by atoms with van der Waals surface area (Å²) in [6, 6.07) is 3.72. The van der Waals surface area contributed by atoms with Gasteiger partial charge >= 0.3 is 0 Å². The summed E-state index contributed by atoms with van der Waals surface area (Å²) in [5.74, 6) is 1.12. The Labute approximate surface area is 80.3 Å².